The van der Waals surface area contributed by atoms with Crippen molar-refractivity contribution in [1.29, 1.82) is 0 Å². The molecule has 2 aliphatic heterocycles. The maximum absolute atomic E-state index is 12.8. The first-order valence-electron chi connectivity index (χ1n) is 9.11. The molecular formula is C19H26N4O3. The number of benzene rings is 1. The van der Waals surface area contributed by atoms with E-state index in [4.69, 9.17) is 5.73 Å². The highest BCUT2D eigenvalue weighted by atomic mass is 16.2. The Morgan fingerprint density at radius 3 is 2.73 bits per heavy atom. The second-order valence-corrected chi connectivity index (χ2v) is 7.24. The highest BCUT2D eigenvalue weighted by Gasteiger charge is 2.39. The van der Waals surface area contributed by atoms with Gasteiger partial charge in [-0.15, -0.1) is 0 Å². The number of hydrogen-bond acceptors (Lipinski definition) is 5. The van der Waals surface area contributed by atoms with Crippen molar-refractivity contribution in [2.75, 3.05) is 13.1 Å². The number of nitrogens with two attached hydrogens (primary N) is 1. The summed E-state index contributed by atoms with van der Waals surface area (Å²) in [5, 5.41) is 2.33. The van der Waals surface area contributed by atoms with Crippen molar-refractivity contribution >= 4 is 17.7 Å². The maximum Gasteiger partial charge on any atom is 0.255 e. The molecule has 1 atom stereocenters. The number of amides is 3. The van der Waals surface area contributed by atoms with Crippen LogP contribution in [0.5, 0.6) is 0 Å². The van der Waals surface area contributed by atoms with Crippen LogP contribution in [-0.2, 0) is 22.7 Å². The first kappa shape index (κ1) is 18.5. The Kier molecular flexibility index (Phi) is 5.38. The molecule has 7 heteroatoms. The highest BCUT2D eigenvalue weighted by molar-refractivity contribution is 6.05. The Bertz CT molecular complexity index is 731. The lowest BCUT2D eigenvalue weighted by Gasteiger charge is -2.29. The van der Waals surface area contributed by atoms with Crippen molar-refractivity contribution < 1.29 is 14.4 Å². The molecule has 1 unspecified atom stereocenters. The Balaban J connectivity index is 1.76. The minimum Gasteiger partial charge on any atom is -0.329 e. The van der Waals surface area contributed by atoms with Gasteiger partial charge in [-0.1, -0.05) is 12.1 Å². The van der Waals surface area contributed by atoms with Crippen LogP contribution in [0.15, 0.2) is 18.2 Å². The van der Waals surface area contributed by atoms with Gasteiger partial charge >= 0.3 is 0 Å². The summed E-state index contributed by atoms with van der Waals surface area (Å²) < 4.78 is 0. The fourth-order valence-electron chi connectivity index (χ4n) is 3.62. The monoisotopic (exact) mass is 358 g/mol. The van der Waals surface area contributed by atoms with Gasteiger partial charge < -0.3 is 10.6 Å². The van der Waals surface area contributed by atoms with Crippen LogP contribution in [0.25, 0.3) is 0 Å². The minimum absolute atomic E-state index is 0.133. The van der Waals surface area contributed by atoms with Crippen LogP contribution < -0.4 is 11.1 Å². The lowest BCUT2D eigenvalue weighted by atomic mass is 10.0. The molecule has 1 fully saturated rings. The van der Waals surface area contributed by atoms with Crippen LogP contribution in [0.1, 0.15) is 48.2 Å². The second-order valence-electron chi connectivity index (χ2n) is 7.24. The predicted molar refractivity (Wildman–Crippen MR) is 97.1 cm³/mol. The van der Waals surface area contributed by atoms with Gasteiger partial charge in [-0.25, -0.2) is 0 Å². The third-order valence-electron chi connectivity index (χ3n) is 5.12. The van der Waals surface area contributed by atoms with Crippen molar-refractivity contribution in [3.8, 4) is 0 Å². The number of imide groups is 1. The summed E-state index contributed by atoms with van der Waals surface area (Å²) in [6.45, 7) is 6.78. The zero-order chi connectivity index (χ0) is 18.8. The van der Waals surface area contributed by atoms with Crippen molar-refractivity contribution in [3.05, 3.63) is 34.9 Å². The Labute approximate surface area is 153 Å². The molecule has 1 saturated heterocycles. The molecule has 1 aromatic carbocycles. The lowest BCUT2D eigenvalue weighted by Crippen LogP contribution is -2.52. The Morgan fingerprint density at radius 1 is 1.31 bits per heavy atom. The van der Waals surface area contributed by atoms with Crippen LogP contribution in [0.2, 0.25) is 0 Å². The Morgan fingerprint density at radius 2 is 2.08 bits per heavy atom. The summed E-state index contributed by atoms with van der Waals surface area (Å²) in [6.07, 6.45) is 0.652. The summed E-state index contributed by atoms with van der Waals surface area (Å²) in [5.74, 6) is -0.783. The van der Waals surface area contributed by atoms with Crippen LogP contribution in [0.4, 0.5) is 0 Å². The predicted octanol–water partition coefficient (Wildman–Crippen LogP) is 0.617. The van der Waals surface area contributed by atoms with Crippen LogP contribution in [0, 0.1) is 0 Å². The van der Waals surface area contributed by atoms with Crippen molar-refractivity contribution in [3.63, 3.8) is 0 Å². The van der Waals surface area contributed by atoms with Gasteiger partial charge in [-0.3, -0.25) is 24.6 Å². The molecule has 2 heterocycles. The molecule has 0 radical (unpaired) electrons. The molecule has 0 aromatic heterocycles. The van der Waals surface area contributed by atoms with E-state index in [-0.39, 0.29) is 24.1 Å². The molecule has 7 nitrogen and oxygen atoms in total. The van der Waals surface area contributed by atoms with Gasteiger partial charge in [0.2, 0.25) is 11.8 Å². The number of hydrogen-bond donors (Lipinski definition) is 2. The standard InChI is InChI=1S/C19H26N4O3/c1-12(2)22(8-7-20)10-13-3-4-14-11-23(19(26)15(14)9-13)16-5-6-17(24)21-18(16)25/h3-4,9,12,16H,5-8,10-11,20H2,1-2H3,(H,21,24,25). The molecule has 0 aliphatic carbocycles. The largest absolute Gasteiger partial charge is 0.329 e. The molecule has 0 bridgehead atoms. The zero-order valence-electron chi connectivity index (χ0n) is 15.3. The van der Waals surface area contributed by atoms with Crippen LogP contribution in [-0.4, -0.2) is 52.7 Å². The number of carbonyl (C=O) groups excluding carboxylic acids is 3. The first-order chi connectivity index (χ1) is 12.4. The van der Waals surface area contributed by atoms with Crippen LogP contribution in [0.3, 0.4) is 0 Å². The van der Waals surface area contributed by atoms with E-state index in [9.17, 15) is 14.4 Å². The third-order valence-corrected chi connectivity index (χ3v) is 5.12. The summed E-state index contributed by atoms with van der Waals surface area (Å²) in [4.78, 5) is 40.1. The molecule has 2 aliphatic rings. The molecule has 140 valence electrons. The van der Waals surface area contributed by atoms with E-state index in [2.05, 4.69) is 24.1 Å². The quantitative estimate of drug-likeness (QED) is 0.727. The summed E-state index contributed by atoms with van der Waals surface area (Å²) in [6, 6.07) is 5.72. The molecule has 3 N–H and O–H groups in total. The molecule has 26 heavy (non-hydrogen) atoms. The number of fused-ring (bicyclic) bond motifs is 1. The van der Waals surface area contributed by atoms with E-state index < -0.39 is 6.04 Å². The van der Waals surface area contributed by atoms with Crippen molar-refractivity contribution in [1.82, 2.24) is 15.1 Å². The fourth-order valence-corrected chi connectivity index (χ4v) is 3.62. The van der Waals surface area contributed by atoms with Gasteiger partial charge in [0.1, 0.15) is 6.04 Å². The van der Waals surface area contributed by atoms with E-state index >= 15 is 0 Å². The van der Waals surface area contributed by atoms with E-state index in [0.717, 1.165) is 24.2 Å². The molecule has 0 spiro atoms. The lowest BCUT2D eigenvalue weighted by molar-refractivity contribution is -0.136. The van der Waals surface area contributed by atoms with Gasteiger partial charge in [0.05, 0.1) is 0 Å². The SMILES string of the molecule is CC(C)N(CCN)Cc1ccc2c(c1)C(=O)N(C1CCC(=O)NC1=O)C2. The van der Waals surface area contributed by atoms with Crippen LogP contribution >= 0.6 is 0 Å². The normalized spacial score (nSPS) is 20.1. The topological polar surface area (TPSA) is 95.7 Å². The average Bonchev–Trinajstić information content (AvgIpc) is 2.91. The van der Waals surface area contributed by atoms with Crippen molar-refractivity contribution in [2.24, 2.45) is 5.73 Å². The molecule has 1 aromatic rings. The summed E-state index contributed by atoms with van der Waals surface area (Å²) in [5.41, 5.74) is 8.34. The second kappa shape index (κ2) is 7.55. The number of nitrogens with one attached hydrogen (secondary N) is 1. The molecule has 3 amide bonds. The molecule has 0 saturated carbocycles. The van der Waals surface area contributed by atoms with Gasteiger partial charge in [0.25, 0.3) is 5.91 Å². The first-order valence-corrected chi connectivity index (χ1v) is 9.11. The van der Waals surface area contributed by atoms with E-state index in [1.54, 1.807) is 4.90 Å². The zero-order valence-corrected chi connectivity index (χ0v) is 15.3. The number of piperidine rings is 1. The van der Waals surface area contributed by atoms with Gasteiger partial charge in [0.15, 0.2) is 0 Å². The van der Waals surface area contributed by atoms with E-state index in [0.29, 0.717) is 31.1 Å². The van der Waals surface area contributed by atoms with Gasteiger partial charge in [0, 0.05) is 44.2 Å². The highest BCUT2D eigenvalue weighted by Crippen LogP contribution is 2.28. The number of rotatable bonds is 6. The third kappa shape index (κ3) is 3.64. The van der Waals surface area contributed by atoms with Gasteiger partial charge in [-0.05, 0) is 37.5 Å². The minimum atomic E-state index is -0.569. The number of carbonyl (C=O) groups is 3. The van der Waals surface area contributed by atoms with E-state index in [1.165, 1.54) is 0 Å². The Hall–Kier alpha value is -2.25. The molecule has 3 rings (SSSR count). The van der Waals surface area contributed by atoms with Crippen molar-refractivity contribution in [2.45, 2.75) is 51.9 Å². The smallest absolute Gasteiger partial charge is 0.255 e. The van der Waals surface area contributed by atoms with Gasteiger partial charge in [-0.2, -0.15) is 0 Å². The number of nitrogens with zero attached hydrogens (tertiary/aromatic N) is 2. The average molecular weight is 358 g/mol. The summed E-state index contributed by atoms with van der Waals surface area (Å²) in [7, 11) is 0. The summed E-state index contributed by atoms with van der Waals surface area (Å²) >= 11 is 0. The van der Waals surface area contributed by atoms with E-state index in [1.807, 2.05) is 18.2 Å². The molecular weight excluding hydrogens is 332 g/mol. The fraction of sp³-hybridized carbons (Fsp3) is 0.526. The maximum atomic E-state index is 12.8.